The van der Waals surface area contributed by atoms with Crippen LogP contribution in [0.3, 0.4) is 0 Å². The van der Waals surface area contributed by atoms with Crippen molar-refractivity contribution in [2.45, 2.75) is 18.5 Å². The topological polar surface area (TPSA) is 125 Å². The van der Waals surface area contributed by atoms with Crippen molar-refractivity contribution in [2.24, 2.45) is 0 Å². The molecule has 1 aromatic rings. The van der Waals surface area contributed by atoms with Gasteiger partial charge in [-0.15, -0.1) is 0 Å². The molecule has 1 aromatic heterocycles. The number of furan rings is 1. The molecule has 0 radical (unpaired) electrons. The molecule has 0 saturated carbocycles. The predicted octanol–water partition coefficient (Wildman–Crippen LogP) is 1.02. The number of aliphatic carboxylic acids is 2. The summed E-state index contributed by atoms with van der Waals surface area (Å²) in [6.45, 7) is 0. The molecule has 0 spiro atoms. The fourth-order valence-corrected chi connectivity index (χ4v) is 3.07. The number of carboxylic acids is 2. The number of carboxylic acid groups (broad SMARTS) is 2. The van der Waals surface area contributed by atoms with Gasteiger partial charge in [0.25, 0.3) is 0 Å². The monoisotopic (exact) mass is 276 g/mol. The first kappa shape index (κ1) is 14.5. The SMILES string of the molecule is O=C(O)CCP(=O)(O)[C@H](Cc1ccco1)C(=O)O. The van der Waals surface area contributed by atoms with E-state index in [2.05, 4.69) is 0 Å². The summed E-state index contributed by atoms with van der Waals surface area (Å²) in [6.07, 6.45) is -0.0285. The Morgan fingerprint density at radius 1 is 1.39 bits per heavy atom. The van der Waals surface area contributed by atoms with Gasteiger partial charge in [-0.3, -0.25) is 14.2 Å². The molecule has 0 aliphatic rings. The Kier molecular flexibility index (Phi) is 4.69. The van der Waals surface area contributed by atoms with Crippen LogP contribution in [-0.4, -0.2) is 38.9 Å². The number of carbonyl (C=O) groups is 2. The molecule has 0 amide bonds. The minimum absolute atomic E-state index is 0.240. The fraction of sp³-hybridized carbons (Fsp3) is 0.400. The van der Waals surface area contributed by atoms with Gasteiger partial charge in [-0.2, -0.15) is 0 Å². The molecule has 0 fully saturated rings. The lowest BCUT2D eigenvalue weighted by Gasteiger charge is -2.17. The Bertz CT molecular complexity index is 465. The lowest BCUT2D eigenvalue weighted by Crippen LogP contribution is -2.24. The number of hydrogen-bond acceptors (Lipinski definition) is 4. The van der Waals surface area contributed by atoms with Crippen LogP contribution >= 0.6 is 7.37 Å². The highest BCUT2D eigenvalue weighted by Crippen LogP contribution is 2.48. The molecular weight excluding hydrogens is 263 g/mol. The summed E-state index contributed by atoms with van der Waals surface area (Å²) in [5, 5.41) is 17.4. The van der Waals surface area contributed by atoms with Gasteiger partial charge >= 0.3 is 11.9 Å². The first-order valence-corrected chi connectivity index (χ1v) is 7.03. The third-order valence-electron chi connectivity index (χ3n) is 2.39. The normalized spacial score (nSPS) is 15.8. The molecule has 1 rings (SSSR count). The molecule has 0 saturated heterocycles. The lowest BCUT2D eigenvalue weighted by atomic mass is 10.2. The highest BCUT2D eigenvalue weighted by Gasteiger charge is 2.37. The molecule has 7 nitrogen and oxygen atoms in total. The van der Waals surface area contributed by atoms with Gasteiger partial charge in [-0.05, 0) is 12.1 Å². The summed E-state index contributed by atoms with van der Waals surface area (Å²) in [6, 6.07) is 3.03. The van der Waals surface area contributed by atoms with E-state index in [0.717, 1.165) is 0 Å². The van der Waals surface area contributed by atoms with Gasteiger partial charge < -0.3 is 19.5 Å². The van der Waals surface area contributed by atoms with Gasteiger partial charge in [-0.1, -0.05) is 0 Å². The van der Waals surface area contributed by atoms with E-state index in [4.69, 9.17) is 14.6 Å². The van der Waals surface area contributed by atoms with E-state index in [-0.39, 0.29) is 12.2 Å². The van der Waals surface area contributed by atoms with Crippen LogP contribution in [0.5, 0.6) is 0 Å². The average molecular weight is 276 g/mol. The van der Waals surface area contributed by atoms with E-state index in [1.807, 2.05) is 0 Å². The van der Waals surface area contributed by atoms with E-state index in [1.165, 1.54) is 18.4 Å². The summed E-state index contributed by atoms with van der Waals surface area (Å²) in [5.41, 5.74) is -1.55. The lowest BCUT2D eigenvalue weighted by molar-refractivity contribution is -0.138. The van der Waals surface area contributed by atoms with Crippen molar-refractivity contribution >= 4 is 19.3 Å². The van der Waals surface area contributed by atoms with E-state index in [1.54, 1.807) is 0 Å². The average Bonchev–Trinajstić information content (AvgIpc) is 2.75. The van der Waals surface area contributed by atoms with Crippen molar-refractivity contribution in [3.63, 3.8) is 0 Å². The maximum atomic E-state index is 11.9. The molecule has 0 aliphatic carbocycles. The van der Waals surface area contributed by atoms with Gasteiger partial charge in [-0.25, -0.2) is 0 Å². The van der Waals surface area contributed by atoms with Crippen molar-refractivity contribution in [1.82, 2.24) is 0 Å². The van der Waals surface area contributed by atoms with Crippen LogP contribution < -0.4 is 0 Å². The Hall–Kier alpha value is -1.59. The third kappa shape index (κ3) is 4.01. The van der Waals surface area contributed by atoms with Crippen molar-refractivity contribution in [2.75, 3.05) is 6.16 Å². The van der Waals surface area contributed by atoms with Crippen LogP contribution in [0, 0.1) is 0 Å². The molecular formula is C10H13O7P. The summed E-state index contributed by atoms with van der Waals surface area (Å²) in [4.78, 5) is 31.0. The largest absolute Gasteiger partial charge is 0.481 e. The predicted molar refractivity (Wildman–Crippen MR) is 60.8 cm³/mol. The fourth-order valence-electron chi connectivity index (χ4n) is 1.43. The number of rotatable bonds is 7. The van der Waals surface area contributed by atoms with Gasteiger partial charge in [0.05, 0.1) is 12.7 Å². The molecule has 0 bridgehead atoms. The van der Waals surface area contributed by atoms with Gasteiger partial charge in [0.15, 0.2) is 0 Å². The van der Waals surface area contributed by atoms with Gasteiger partial charge in [0, 0.05) is 12.6 Å². The first-order chi connectivity index (χ1) is 8.33. The van der Waals surface area contributed by atoms with Crippen LogP contribution in [-0.2, 0) is 20.6 Å². The summed E-state index contributed by atoms with van der Waals surface area (Å²) < 4.78 is 16.8. The molecule has 100 valence electrons. The molecule has 1 heterocycles. The summed E-state index contributed by atoms with van der Waals surface area (Å²) >= 11 is 0. The Labute approximate surface area is 102 Å². The Morgan fingerprint density at radius 3 is 2.50 bits per heavy atom. The van der Waals surface area contributed by atoms with Crippen molar-refractivity contribution < 1.29 is 33.7 Å². The van der Waals surface area contributed by atoms with Crippen LogP contribution in [0.25, 0.3) is 0 Å². The quantitative estimate of drug-likeness (QED) is 0.635. The third-order valence-corrected chi connectivity index (χ3v) is 4.63. The molecule has 2 atom stereocenters. The molecule has 0 aliphatic heterocycles. The van der Waals surface area contributed by atoms with E-state index in [9.17, 15) is 19.0 Å². The zero-order valence-corrected chi connectivity index (χ0v) is 10.2. The number of hydrogen-bond donors (Lipinski definition) is 3. The zero-order chi connectivity index (χ0) is 13.8. The van der Waals surface area contributed by atoms with Crippen LogP contribution in [0.4, 0.5) is 0 Å². The van der Waals surface area contributed by atoms with Crippen molar-refractivity contribution in [3.05, 3.63) is 24.2 Å². The second kappa shape index (κ2) is 5.84. The smallest absolute Gasteiger partial charge is 0.316 e. The molecule has 1 unspecified atom stereocenters. The van der Waals surface area contributed by atoms with Crippen molar-refractivity contribution in [3.8, 4) is 0 Å². The summed E-state index contributed by atoms with van der Waals surface area (Å²) in [7, 11) is -4.09. The van der Waals surface area contributed by atoms with Crippen molar-refractivity contribution in [1.29, 1.82) is 0 Å². The van der Waals surface area contributed by atoms with E-state index in [0.29, 0.717) is 0 Å². The Morgan fingerprint density at radius 2 is 2.06 bits per heavy atom. The molecule has 18 heavy (non-hydrogen) atoms. The van der Waals surface area contributed by atoms with Gasteiger partial charge in [0.1, 0.15) is 11.4 Å². The minimum Gasteiger partial charge on any atom is -0.481 e. The highest BCUT2D eigenvalue weighted by molar-refractivity contribution is 7.59. The van der Waals surface area contributed by atoms with Crippen LogP contribution in [0.1, 0.15) is 12.2 Å². The second-order valence-corrected chi connectivity index (χ2v) is 6.34. The Balaban J connectivity index is 2.80. The highest BCUT2D eigenvalue weighted by atomic mass is 31.2. The maximum Gasteiger partial charge on any atom is 0.316 e. The molecule has 8 heteroatoms. The van der Waals surface area contributed by atoms with E-state index < -0.39 is 37.5 Å². The first-order valence-electron chi connectivity index (χ1n) is 5.11. The molecule has 3 N–H and O–H groups in total. The maximum absolute atomic E-state index is 11.9. The van der Waals surface area contributed by atoms with Crippen LogP contribution in [0.15, 0.2) is 22.8 Å². The standard InChI is InChI=1S/C10H13O7P/c11-9(12)3-5-18(15,16)8(10(13)14)6-7-2-1-4-17-7/h1-2,4,8H,3,5-6H2,(H,11,12)(H,13,14)(H,15,16)/t8-/m1/s1. The summed E-state index contributed by atoms with van der Waals surface area (Å²) in [5.74, 6) is -2.42. The second-order valence-electron chi connectivity index (χ2n) is 3.76. The molecule has 0 aromatic carbocycles. The zero-order valence-electron chi connectivity index (χ0n) is 9.35. The minimum atomic E-state index is -4.09. The van der Waals surface area contributed by atoms with Gasteiger partial charge in [0.2, 0.25) is 7.37 Å². The van der Waals surface area contributed by atoms with Crippen LogP contribution in [0.2, 0.25) is 0 Å². The van der Waals surface area contributed by atoms with E-state index >= 15 is 0 Å².